The first-order valence-corrected chi connectivity index (χ1v) is 12.3. The highest BCUT2D eigenvalue weighted by atomic mass is 19.4. The van der Waals surface area contributed by atoms with Gasteiger partial charge in [0.25, 0.3) is 0 Å². The van der Waals surface area contributed by atoms with E-state index >= 15 is 0 Å². The van der Waals surface area contributed by atoms with Crippen LogP contribution < -0.4 is 4.74 Å². The molecule has 0 saturated heterocycles. The van der Waals surface area contributed by atoms with Gasteiger partial charge in [-0.15, -0.1) is 0 Å². The lowest BCUT2D eigenvalue weighted by Gasteiger charge is -2.30. The van der Waals surface area contributed by atoms with Gasteiger partial charge < -0.3 is 9.47 Å². The molecule has 6 heteroatoms. The second kappa shape index (κ2) is 12.3. The molecule has 0 fully saturated rings. The van der Waals surface area contributed by atoms with Gasteiger partial charge in [0.2, 0.25) is 0 Å². The molecule has 1 aliphatic rings. The number of carbonyl (C=O) groups excluding carboxylic acids is 1. The first kappa shape index (κ1) is 26.1. The smallest absolute Gasteiger partial charge is 0.425 e. The summed E-state index contributed by atoms with van der Waals surface area (Å²) in [5, 5.41) is 0. The van der Waals surface area contributed by atoms with Crippen molar-refractivity contribution in [2.45, 2.75) is 84.1 Å². The number of carbonyl (C=O) groups is 1. The summed E-state index contributed by atoms with van der Waals surface area (Å²) in [5.74, 6) is -0.564. The first-order chi connectivity index (χ1) is 16.3. The largest absolute Gasteiger partial charge is 0.489 e. The number of benzene rings is 2. The van der Waals surface area contributed by atoms with Crippen molar-refractivity contribution in [3.8, 4) is 5.75 Å². The molecule has 3 atom stereocenters. The number of esters is 1. The maximum atomic E-state index is 13.4. The third-order valence-electron chi connectivity index (χ3n) is 6.71. The Labute approximate surface area is 200 Å². The summed E-state index contributed by atoms with van der Waals surface area (Å²) < 4.78 is 51.2. The molecule has 0 bridgehead atoms. The van der Waals surface area contributed by atoms with Crippen LogP contribution in [0, 0.1) is 11.8 Å². The van der Waals surface area contributed by atoms with Crippen LogP contribution in [0.1, 0.15) is 69.1 Å². The average Bonchev–Trinajstić information content (AvgIpc) is 2.83. The molecule has 0 spiro atoms. The Morgan fingerprint density at radius 1 is 1.06 bits per heavy atom. The summed E-state index contributed by atoms with van der Waals surface area (Å²) in [5.41, 5.74) is 3.39. The minimum Gasteiger partial charge on any atom is -0.489 e. The van der Waals surface area contributed by atoms with Crippen molar-refractivity contribution in [3.05, 3.63) is 65.2 Å². The Morgan fingerprint density at radius 2 is 1.82 bits per heavy atom. The number of ether oxygens (including phenoxy) is 2. The minimum atomic E-state index is -4.53. The number of unbranched alkanes of at least 4 members (excludes halogenated alkanes) is 3. The highest BCUT2D eigenvalue weighted by Gasteiger charge is 2.43. The van der Waals surface area contributed by atoms with Crippen LogP contribution in [0.2, 0.25) is 0 Å². The van der Waals surface area contributed by atoms with Crippen molar-refractivity contribution in [1.29, 1.82) is 0 Å². The fraction of sp³-hybridized carbons (Fsp3) is 0.536. The number of alkyl halides is 3. The Morgan fingerprint density at radius 3 is 2.53 bits per heavy atom. The fourth-order valence-electron chi connectivity index (χ4n) is 4.50. The van der Waals surface area contributed by atoms with Gasteiger partial charge in [-0.3, -0.25) is 4.79 Å². The molecule has 0 aliphatic heterocycles. The number of hydrogen-bond donors (Lipinski definition) is 0. The van der Waals surface area contributed by atoms with E-state index in [0.717, 1.165) is 42.6 Å². The van der Waals surface area contributed by atoms with Gasteiger partial charge in [0, 0.05) is 0 Å². The Balaban J connectivity index is 1.55. The summed E-state index contributed by atoms with van der Waals surface area (Å²) in [6.07, 6.45) is -1.61. The van der Waals surface area contributed by atoms with E-state index in [1.54, 1.807) is 6.92 Å². The average molecular weight is 477 g/mol. The summed E-state index contributed by atoms with van der Waals surface area (Å²) in [6, 6.07) is 15.9. The number of hydrogen-bond acceptors (Lipinski definition) is 3. The van der Waals surface area contributed by atoms with E-state index in [1.165, 1.54) is 5.56 Å². The first-order valence-electron chi connectivity index (χ1n) is 12.3. The molecule has 0 N–H and O–H groups in total. The van der Waals surface area contributed by atoms with E-state index in [9.17, 15) is 18.0 Å². The predicted octanol–water partition coefficient (Wildman–Crippen LogP) is 7.45. The van der Waals surface area contributed by atoms with Gasteiger partial charge in [0.1, 0.15) is 12.4 Å². The van der Waals surface area contributed by atoms with Gasteiger partial charge >= 0.3 is 12.1 Å². The van der Waals surface area contributed by atoms with Gasteiger partial charge in [-0.1, -0.05) is 69.5 Å². The highest BCUT2D eigenvalue weighted by molar-refractivity contribution is 5.72. The fourth-order valence-corrected chi connectivity index (χ4v) is 4.50. The monoisotopic (exact) mass is 476 g/mol. The second-order valence-corrected chi connectivity index (χ2v) is 9.31. The van der Waals surface area contributed by atoms with Crippen LogP contribution >= 0.6 is 0 Å². The Hall–Kier alpha value is -2.50. The topological polar surface area (TPSA) is 35.5 Å². The van der Waals surface area contributed by atoms with Gasteiger partial charge in [-0.05, 0) is 66.8 Å². The molecule has 1 unspecified atom stereocenters. The van der Waals surface area contributed by atoms with E-state index in [1.807, 2.05) is 55.5 Å². The van der Waals surface area contributed by atoms with E-state index in [4.69, 9.17) is 9.47 Å². The van der Waals surface area contributed by atoms with Crippen LogP contribution in [0.15, 0.2) is 48.5 Å². The second-order valence-electron chi connectivity index (χ2n) is 9.31. The Kier molecular flexibility index (Phi) is 9.43. The van der Waals surface area contributed by atoms with Crippen molar-refractivity contribution < 1.29 is 27.4 Å². The molecule has 1 aliphatic carbocycles. The van der Waals surface area contributed by atoms with Gasteiger partial charge in [-0.2, -0.15) is 13.2 Å². The maximum absolute atomic E-state index is 13.4. The number of rotatable bonds is 11. The van der Waals surface area contributed by atoms with E-state index < -0.39 is 24.2 Å². The molecule has 0 radical (unpaired) electrons. The summed E-state index contributed by atoms with van der Waals surface area (Å²) >= 11 is 0. The zero-order chi connectivity index (χ0) is 24.6. The van der Waals surface area contributed by atoms with Crippen molar-refractivity contribution in [2.24, 2.45) is 11.8 Å². The van der Waals surface area contributed by atoms with Crippen molar-refractivity contribution in [2.75, 3.05) is 0 Å². The lowest BCUT2D eigenvalue weighted by Crippen LogP contribution is -2.37. The standard InChI is InChI=1S/C28H35F3O3/c1-3-4-5-9-12-26(28(29,30)31)34-27(32)20(2)22-13-14-24-18-25(16-15-23(24)17-22)33-19-21-10-7-6-8-11-21/h6-8,10-11,15-16,18,20,22,26H,3-5,9,12-14,17,19H2,1-2H3/t20-,22?,26+/m0/s1. The molecular weight excluding hydrogens is 441 g/mol. The lowest BCUT2D eigenvalue weighted by molar-refractivity contribution is -0.225. The van der Waals surface area contributed by atoms with Gasteiger partial charge in [0.15, 0.2) is 6.10 Å². The molecule has 2 aromatic rings. The highest BCUT2D eigenvalue weighted by Crippen LogP contribution is 2.34. The third kappa shape index (κ3) is 7.51. The normalized spacial score (nSPS) is 17.5. The van der Waals surface area contributed by atoms with Crippen LogP contribution in [-0.4, -0.2) is 18.2 Å². The van der Waals surface area contributed by atoms with Gasteiger partial charge in [0.05, 0.1) is 5.92 Å². The zero-order valence-corrected chi connectivity index (χ0v) is 20.1. The molecule has 0 heterocycles. The molecule has 3 rings (SSSR count). The Bertz CT molecular complexity index is 911. The van der Waals surface area contributed by atoms with Crippen molar-refractivity contribution in [1.82, 2.24) is 0 Å². The lowest BCUT2D eigenvalue weighted by atomic mass is 9.77. The van der Waals surface area contributed by atoms with Crippen LogP contribution in [0.25, 0.3) is 0 Å². The van der Waals surface area contributed by atoms with Crippen molar-refractivity contribution in [3.63, 3.8) is 0 Å². The molecule has 186 valence electrons. The predicted molar refractivity (Wildman–Crippen MR) is 127 cm³/mol. The summed E-state index contributed by atoms with van der Waals surface area (Å²) in [7, 11) is 0. The molecule has 0 saturated carbocycles. The molecule has 3 nitrogen and oxygen atoms in total. The van der Waals surface area contributed by atoms with E-state index in [0.29, 0.717) is 25.9 Å². The summed E-state index contributed by atoms with van der Waals surface area (Å²) in [6.45, 7) is 4.19. The molecule has 0 aromatic heterocycles. The van der Waals surface area contributed by atoms with Crippen LogP contribution in [-0.2, 0) is 29.0 Å². The quantitative estimate of drug-likeness (QED) is 0.250. The number of aryl methyl sites for hydroxylation is 1. The summed E-state index contributed by atoms with van der Waals surface area (Å²) in [4.78, 5) is 12.6. The molecule has 34 heavy (non-hydrogen) atoms. The van der Waals surface area contributed by atoms with Crippen LogP contribution in [0.4, 0.5) is 13.2 Å². The van der Waals surface area contributed by atoms with Crippen LogP contribution in [0.5, 0.6) is 5.75 Å². The van der Waals surface area contributed by atoms with E-state index in [2.05, 4.69) is 0 Å². The molecule has 2 aromatic carbocycles. The molecular formula is C28H35F3O3. The maximum Gasteiger partial charge on any atom is 0.425 e. The third-order valence-corrected chi connectivity index (χ3v) is 6.71. The van der Waals surface area contributed by atoms with E-state index in [-0.39, 0.29) is 12.3 Å². The number of fused-ring (bicyclic) bond motifs is 1. The minimum absolute atomic E-state index is 0.0370. The SMILES string of the molecule is CCCCCC[C@@H](OC(=O)[C@@H](C)C1CCc2cc(OCc3ccccc3)ccc2C1)C(F)(F)F. The molecule has 0 amide bonds. The van der Waals surface area contributed by atoms with Gasteiger partial charge in [-0.25, -0.2) is 0 Å². The van der Waals surface area contributed by atoms with Crippen molar-refractivity contribution >= 4 is 5.97 Å². The van der Waals surface area contributed by atoms with Crippen LogP contribution in [0.3, 0.4) is 0 Å². The number of halogens is 3. The zero-order valence-electron chi connectivity index (χ0n) is 20.1.